The molecule has 0 spiro atoms. The molecule has 1 aromatic rings. The van der Waals surface area contributed by atoms with Crippen molar-refractivity contribution < 1.29 is 19.4 Å². The summed E-state index contributed by atoms with van der Waals surface area (Å²) in [6, 6.07) is 4.38. The molecular formula is C12H14O4. The number of esters is 1. The molecule has 0 aliphatic heterocycles. The molecule has 0 heterocycles. The van der Waals surface area contributed by atoms with Gasteiger partial charge in [-0.25, -0.2) is 4.79 Å². The zero-order valence-electron chi connectivity index (χ0n) is 9.10. The second-order valence-electron chi connectivity index (χ2n) is 3.93. The Kier molecular flexibility index (Phi) is 2.99. The lowest BCUT2D eigenvalue weighted by molar-refractivity contribution is 0.0595. The highest BCUT2D eigenvalue weighted by molar-refractivity contribution is 5.92. The van der Waals surface area contributed by atoms with Crippen LogP contribution in [-0.2, 0) is 4.74 Å². The molecule has 0 radical (unpaired) electrons. The van der Waals surface area contributed by atoms with Crippen LogP contribution in [0.1, 0.15) is 23.2 Å². The van der Waals surface area contributed by atoms with Gasteiger partial charge in [-0.1, -0.05) is 0 Å². The first kappa shape index (κ1) is 10.8. The molecule has 0 unspecified atom stereocenters. The maximum Gasteiger partial charge on any atom is 0.341 e. The predicted octanol–water partition coefficient (Wildman–Crippen LogP) is 1.97. The molecule has 86 valence electrons. The Bertz CT molecular complexity index is 396. The lowest BCUT2D eigenvalue weighted by atomic mass is 10.2. The summed E-state index contributed by atoms with van der Waals surface area (Å²) in [5, 5.41) is 9.34. The van der Waals surface area contributed by atoms with Crippen LogP contribution < -0.4 is 4.74 Å². The monoisotopic (exact) mass is 222 g/mol. The van der Waals surface area contributed by atoms with Gasteiger partial charge in [0.25, 0.3) is 0 Å². The minimum Gasteiger partial charge on any atom is -0.508 e. The minimum absolute atomic E-state index is 0.0819. The number of methoxy groups -OCH3 is 1. The van der Waals surface area contributed by atoms with Crippen molar-refractivity contribution in [3.63, 3.8) is 0 Å². The molecule has 0 atom stereocenters. The van der Waals surface area contributed by atoms with Gasteiger partial charge in [0.1, 0.15) is 17.1 Å². The van der Waals surface area contributed by atoms with Crippen LogP contribution >= 0.6 is 0 Å². The Morgan fingerprint density at radius 1 is 1.50 bits per heavy atom. The first-order chi connectivity index (χ1) is 7.70. The van der Waals surface area contributed by atoms with Crippen LogP contribution in [0.15, 0.2) is 18.2 Å². The van der Waals surface area contributed by atoms with Gasteiger partial charge >= 0.3 is 5.97 Å². The fraction of sp³-hybridized carbons (Fsp3) is 0.417. The number of carbonyl (C=O) groups excluding carboxylic acids is 1. The second-order valence-corrected chi connectivity index (χ2v) is 3.93. The van der Waals surface area contributed by atoms with E-state index in [9.17, 15) is 9.90 Å². The third-order valence-electron chi connectivity index (χ3n) is 2.54. The third kappa shape index (κ3) is 2.45. The summed E-state index contributed by atoms with van der Waals surface area (Å²) in [5.74, 6) is 0.607. The molecule has 0 amide bonds. The Balaban J connectivity index is 2.16. The van der Waals surface area contributed by atoms with Gasteiger partial charge in [-0.3, -0.25) is 0 Å². The number of benzene rings is 1. The van der Waals surface area contributed by atoms with Crippen molar-refractivity contribution in [1.29, 1.82) is 0 Å². The molecule has 0 aromatic heterocycles. The lowest BCUT2D eigenvalue weighted by Gasteiger charge is -2.10. The number of phenolic OH excluding ortho intramolecular Hbond substituents is 1. The standard InChI is InChI=1S/C12H14O4/c1-15-12(14)10-5-4-9(13)6-11(10)16-7-8-2-3-8/h4-6,8,13H,2-3,7H2,1H3. The lowest BCUT2D eigenvalue weighted by Crippen LogP contribution is -2.07. The van der Waals surface area contributed by atoms with E-state index < -0.39 is 5.97 Å². The number of ether oxygens (including phenoxy) is 2. The highest BCUT2D eigenvalue weighted by Gasteiger charge is 2.23. The summed E-state index contributed by atoms with van der Waals surface area (Å²) < 4.78 is 10.1. The minimum atomic E-state index is -0.453. The summed E-state index contributed by atoms with van der Waals surface area (Å²) in [5.41, 5.74) is 0.348. The molecule has 0 bridgehead atoms. The highest BCUT2D eigenvalue weighted by Crippen LogP contribution is 2.31. The quantitative estimate of drug-likeness (QED) is 0.791. The molecule has 1 saturated carbocycles. The summed E-state index contributed by atoms with van der Waals surface area (Å²) in [6.45, 7) is 0.591. The fourth-order valence-electron chi connectivity index (χ4n) is 1.40. The molecule has 1 aliphatic rings. The third-order valence-corrected chi connectivity index (χ3v) is 2.54. The van der Waals surface area contributed by atoms with Gasteiger partial charge in [0.2, 0.25) is 0 Å². The molecule has 0 saturated heterocycles. The van der Waals surface area contributed by atoms with Crippen LogP contribution in [0.3, 0.4) is 0 Å². The summed E-state index contributed by atoms with van der Waals surface area (Å²) >= 11 is 0. The fourth-order valence-corrected chi connectivity index (χ4v) is 1.40. The molecule has 1 aliphatic carbocycles. The Hall–Kier alpha value is -1.71. The largest absolute Gasteiger partial charge is 0.508 e. The molecule has 2 rings (SSSR count). The smallest absolute Gasteiger partial charge is 0.341 e. The Morgan fingerprint density at radius 2 is 2.25 bits per heavy atom. The number of hydrogen-bond donors (Lipinski definition) is 1. The Morgan fingerprint density at radius 3 is 2.88 bits per heavy atom. The average molecular weight is 222 g/mol. The topological polar surface area (TPSA) is 55.8 Å². The SMILES string of the molecule is COC(=O)c1ccc(O)cc1OCC1CC1. The molecule has 16 heavy (non-hydrogen) atoms. The van der Waals surface area contributed by atoms with Crippen LogP contribution in [0.2, 0.25) is 0 Å². The molecule has 1 aromatic carbocycles. The maximum absolute atomic E-state index is 11.4. The van der Waals surface area contributed by atoms with Gasteiger partial charge in [0, 0.05) is 6.07 Å². The van der Waals surface area contributed by atoms with Crippen molar-refractivity contribution in [1.82, 2.24) is 0 Å². The van der Waals surface area contributed by atoms with Crippen molar-refractivity contribution in [2.24, 2.45) is 5.92 Å². The summed E-state index contributed by atoms with van der Waals surface area (Å²) in [7, 11) is 1.32. The normalized spacial score (nSPS) is 14.6. The van der Waals surface area contributed by atoms with Gasteiger partial charge in [0.15, 0.2) is 0 Å². The van der Waals surface area contributed by atoms with Gasteiger partial charge < -0.3 is 14.6 Å². The maximum atomic E-state index is 11.4. The van der Waals surface area contributed by atoms with E-state index in [-0.39, 0.29) is 5.75 Å². The number of aromatic hydroxyl groups is 1. The second kappa shape index (κ2) is 4.43. The number of rotatable bonds is 4. The molecule has 1 fully saturated rings. The zero-order valence-corrected chi connectivity index (χ0v) is 9.10. The van der Waals surface area contributed by atoms with Crippen molar-refractivity contribution in [2.75, 3.05) is 13.7 Å². The average Bonchev–Trinajstić information content (AvgIpc) is 3.09. The molecule has 4 heteroatoms. The van der Waals surface area contributed by atoms with E-state index in [0.29, 0.717) is 23.8 Å². The summed E-state index contributed by atoms with van der Waals surface area (Å²) in [4.78, 5) is 11.4. The van der Waals surface area contributed by atoms with E-state index in [1.165, 1.54) is 38.2 Å². The van der Waals surface area contributed by atoms with Crippen LogP contribution in [0.25, 0.3) is 0 Å². The van der Waals surface area contributed by atoms with E-state index in [0.717, 1.165) is 0 Å². The van der Waals surface area contributed by atoms with Gasteiger partial charge in [-0.05, 0) is 30.9 Å². The predicted molar refractivity (Wildman–Crippen MR) is 57.7 cm³/mol. The van der Waals surface area contributed by atoms with Crippen LogP contribution in [-0.4, -0.2) is 24.8 Å². The van der Waals surface area contributed by atoms with Crippen LogP contribution in [0.5, 0.6) is 11.5 Å². The van der Waals surface area contributed by atoms with Crippen molar-refractivity contribution in [3.8, 4) is 11.5 Å². The van der Waals surface area contributed by atoms with Crippen molar-refractivity contribution in [2.45, 2.75) is 12.8 Å². The van der Waals surface area contributed by atoms with Gasteiger partial charge in [-0.2, -0.15) is 0 Å². The first-order valence-electron chi connectivity index (χ1n) is 5.25. The number of phenols is 1. The van der Waals surface area contributed by atoms with Crippen LogP contribution in [0, 0.1) is 5.92 Å². The van der Waals surface area contributed by atoms with Crippen molar-refractivity contribution >= 4 is 5.97 Å². The van der Waals surface area contributed by atoms with E-state index in [1.54, 1.807) is 0 Å². The Labute approximate surface area is 93.8 Å². The molecular weight excluding hydrogens is 208 g/mol. The van der Waals surface area contributed by atoms with Crippen LogP contribution in [0.4, 0.5) is 0 Å². The number of hydrogen-bond acceptors (Lipinski definition) is 4. The van der Waals surface area contributed by atoms with E-state index >= 15 is 0 Å². The zero-order chi connectivity index (χ0) is 11.5. The van der Waals surface area contributed by atoms with Gasteiger partial charge in [-0.15, -0.1) is 0 Å². The highest BCUT2D eigenvalue weighted by atomic mass is 16.5. The van der Waals surface area contributed by atoms with E-state index in [2.05, 4.69) is 4.74 Å². The van der Waals surface area contributed by atoms with E-state index in [4.69, 9.17) is 4.74 Å². The van der Waals surface area contributed by atoms with Crippen molar-refractivity contribution in [3.05, 3.63) is 23.8 Å². The molecule has 1 N–H and O–H groups in total. The molecule has 4 nitrogen and oxygen atoms in total. The summed E-state index contributed by atoms with van der Waals surface area (Å²) in [6.07, 6.45) is 2.35. The van der Waals surface area contributed by atoms with Gasteiger partial charge in [0.05, 0.1) is 13.7 Å². The number of carbonyl (C=O) groups is 1. The first-order valence-corrected chi connectivity index (χ1v) is 5.25. The van der Waals surface area contributed by atoms with E-state index in [1.807, 2.05) is 0 Å².